The van der Waals surface area contributed by atoms with Gasteiger partial charge in [0.25, 0.3) is 0 Å². The van der Waals surface area contributed by atoms with Crippen LogP contribution in [0.25, 0.3) is 0 Å². The van der Waals surface area contributed by atoms with Gasteiger partial charge in [-0.15, -0.1) is 0 Å². The SMILES string of the molecule is CCCN(CC1CC1)C(CNCC(C)C)COC. The van der Waals surface area contributed by atoms with Crippen molar-refractivity contribution in [3.05, 3.63) is 0 Å². The third-order valence-corrected chi connectivity index (χ3v) is 3.51. The van der Waals surface area contributed by atoms with Gasteiger partial charge in [0.2, 0.25) is 0 Å². The number of rotatable bonds is 11. The first-order chi connectivity index (χ1) is 8.67. The van der Waals surface area contributed by atoms with Crippen molar-refractivity contribution in [1.29, 1.82) is 0 Å². The molecule has 1 atom stereocenters. The van der Waals surface area contributed by atoms with Gasteiger partial charge in [-0.25, -0.2) is 0 Å². The van der Waals surface area contributed by atoms with Crippen molar-refractivity contribution in [3.8, 4) is 0 Å². The lowest BCUT2D eigenvalue weighted by molar-refractivity contribution is 0.0853. The second-order valence-corrected chi connectivity index (χ2v) is 6.10. The molecule has 0 aromatic carbocycles. The predicted octanol–water partition coefficient (Wildman–Crippen LogP) is 2.37. The topological polar surface area (TPSA) is 24.5 Å². The van der Waals surface area contributed by atoms with Crippen molar-refractivity contribution >= 4 is 0 Å². The first-order valence-electron chi connectivity index (χ1n) is 7.61. The van der Waals surface area contributed by atoms with Crippen molar-refractivity contribution in [3.63, 3.8) is 0 Å². The fraction of sp³-hybridized carbons (Fsp3) is 1.00. The molecular formula is C15H32N2O. The Bertz CT molecular complexity index is 205. The fourth-order valence-corrected chi connectivity index (χ4v) is 2.37. The number of hydrogen-bond acceptors (Lipinski definition) is 3. The first-order valence-corrected chi connectivity index (χ1v) is 7.61. The van der Waals surface area contributed by atoms with E-state index in [1.54, 1.807) is 0 Å². The maximum absolute atomic E-state index is 5.41. The Morgan fingerprint density at radius 3 is 2.50 bits per heavy atom. The second-order valence-electron chi connectivity index (χ2n) is 6.10. The Morgan fingerprint density at radius 1 is 1.28 bits per heavy atom. The van der Waals surface area contributed by atoms with Gasteiger partial charge in [0.15, 0.2) is 0 Å². The van der Waals surface area contributed by atoms with Crippen LogP contribution in [0.3, 0.4) is 0 Å². The minimum absolute atomic E-state index is 0.536. The number of hydrogen-bond donors (Lipinski definition) is 1. The van der Waals surface area contributed by atoms with Gasteiger partial charge in [-0.05, 0) is 44.2 Å². The van der Waals surface area contributed by atoms with Crippen molar-refractivity contribution in [2.24, 2.45) is 11.8 Å². The van der Waals surface area contributed by atoms with Crippen LogP contribution in [0.2, 0.25) is 0 Å². The minimum atomic E-state index is 0.536. The molecule has 0 saturated heterocycles. The molecule has 1 rings (SSSR count). The van der Waals surface area contributed by atoms with Crippen molar-refractivity contribution in [2.45, 2.75) is 46.1 Å². The molecule has 1 aliphatic carbocycles. The van der Waals surface area contributed by atoms with Crippen LogP contribution in [-0.4, -0.2) is 50.8 Å². The normalized spacial score (nSPS) is 17.7. The molecule has 0 aromatic rings. The van der Waals surface area contributed by atoms with Crippen molar-refractivity contribution < 1.29 is 4.74 Å². The molecular weight excluding hydrogens is 224 g/mol. The quantitative estimate of drug-likeness (QED) is 0.614. The van der Waals surface area contributed by atoms with E-state index in [0.29, 0.717) is 6.04 Å². The van der Waals surface area contributed by atoms with Crippen molar-refractivity contribution in [2.75, 3.05) is 39.9 Å². The smallest absolute Gasteiger partial charge is 0.0630 e. The Balaban J connectivity index is 2.37. The van der Waals surface area contributed by atoms with Crippen LogP contribution >= 0.6 is 0 Å². The van der Waals surface area contributed by atoms with Gasteiger partial charge in [-0.2, -0.15) is 0 Å². The average molecular weight is 256 g/mol. The lowest BCUT2D eigenvalue weighted by Crippen LogP contribution is -2.47. The Hall–Kier alpha value is -0.120. The fourth-order valence-electron chi connectivity index (χ4n) is 2.37. The lowest BCUT2D eigenvalue weighted by Gasteiger charge is -2.31. The van der Waals surface area contributed by atoms with Gasteiger partial charge in [0.05, 0.1) is 6.61 Å². The van der Waals surface area contributed by atoms with E-state index in [2.05, 4.69) is 31.0 Å². The van der Waals surface area contributed by atoms with Gasteiger partial charge in [0, 0.05) is 26.2 Å². The number of nitrogens with one attached hydrogen (secondary N) is 1. The van der Waals surface area contributed by atoms with Gasteiger partial charge < -0.3 is 10.1 Å². The van der Waals surface area contributed by atoms with Crippen LogP contribution in [-0.2, 0) is 4.74 Å². The summed E-state index contributed by atoms with van der Waals surface area (Å²) < 4.78 is 5.41. The Kier molecular flexibility index (Phi) is 7.87. The summed E-state index contributed by atoms with van der Waals surface area (Å²) >= 11 is 0. The summed E-state index contributed by atoms with van der Waals surface area (Å²) in [7, 11) is 1.82. The van der Waals surface area contributed by atoms with E-state index in [9.17, 15) is 0 Å². The highest BCUT2D eigenvalue weighted by molar-refractivity contribution is 4.82. The zero-order chi connectivity index (χ0) is 13.4. The molecule has 0 aliphatic heterocycles. The van der Waals surface area contributed by atoms with Crippen LogP contribution in [0.4, 0.5) is 0 Å². The zero-order valence-corrected chi connectivity index (χ0v) is 12.7. The summed E-state index contributed by atoms with van der Waals surface area (Å²) in [6.45, 7) is 12.3. The molecule has 1 saturated carbocycles. The molecule has 1 fully saturated rings. The molecule has 0 spiro atoms. The minimum Gasteiger partial charge on any atom is -0.383 e. The summed E-state index contributed by atoms with van der Waals surface area (Å²) in [6.07, 6.45) is 4.09. The van der Waals surface area contributed by atoms with E-state index in [-0.39, 0.29) is 0 Å². The van der Waals surface area contributed by atoms with E-state index < -0.39 is 0 Å². The van der Waals surface area contributed by atoms with Crippen LogP contribution in [0.1, 0.15) is 40.0 Å². The van der Waals surface area contributed by atoms with Crippen LogP contribution in [0.5, 0.6) is 0 Å². The van der Waals surface area contributed by atoms with E-state index in [0.717, 1.165) is 31.5 Å². The lowest BCUT2D eigenvalue weighted by atomic mass is 10.2. The van der Waals surface area contributed by atoms with Gasteiger partial charge in [-0.1, -0.05) is 20.8 Å². The molecule has 0 aromatic heterocycles. The third kappa shape index (κ3) is 6.72. The average Bonchev–Trinajstić information content (AvgIpc) is 3.11. The van der Waals surface area contributed by atoms with E-state index in [1.165, 1.54) is 32.4 Å². The van der Waals surface area contributed by atoms with Crippen molar-refractivity contribution in [1.82, 2.24) is 10.2 Å². The van der Waals surface area contributed by atoms with Crippen LogP contribution in [0.15, 0.2) is 0 Å². The highest BCUT2D eigenvalue weighted by Crippen LogP contribution is 2.30. The number of methoxy groups -OCH3 is 1. The maximum atomic E-state index is 5.41. The Labute approximate surface area is 113 Å². The summed E-state index contributed by atoms with van der Waals surface area (Å²) in [6, 6.07) is 0.536. The molecule has 3 nitrogen and oxygen atoms in total. The standard InChI is InChI=1S/C15H32N2O/c1-5-8-17(11-14-6-7-14)15(12-18-4)10-16-9-13(2)3/h13-16H,5-12H2,1-4H3. The largest absolute Gasteiger partial charge is 0.383 e. The van der Waals surface area contributed by atoms with Crippen LogP contribution in [0, 0.1) is 11.8 Å². The molecule has 0 bridgehead atoms. The summed E-state index contributed by atoms with van der Waals surface area (Å²) in [5.74, 6) is 1.68. The molecule has 0 amide bonds. The predicted molar refractivity (Wildman–Crippen MR) is 78.0 cm³/mol. The summed E-state index contributed by atoms with van der Waals surface area (Å²) in [4.78, 5) is 2.63. The Morgan fingerprint density at radius 2 is 2.00 bits per heavy atom. The molecule has 0 radical (unpaired) electrons. The van der Waals surface area contributed by atoms with E-state index in [4.69, 9.17) is 4.74 Å². The third-order valence-electron chi connectivity index (χ3n) is 3.51. The molecule has 3 heteroatoms. The number of nitrogens with zero attached hydrogens (tertiary/aromatic N) is 1. The van der Waals surface area contributed by atoms with Gasteiger partial charge >= 0.3 is 0 Å². The molecule has 108 valence electrons. The second kappa shape index (κ2) is 8.89. The highest BCUT2D eigenvalue weighted by atomic mass is 16.5. The summed E-state index contributed by atoms with van der Waals surface area (Å²) in [5.41, 5.74) is 0. The number of ether oxygens (including phenoxy) is 1. The summed E-state index contributed by atoms with van der Waals surface area (Å²) in [5, 5.41) is 3.58. The first kappa shape index (κ1) is 15.9. The van der Waals surface area contributed by atoms with Crippen LogP contribution < -0.4 is 5.32 Å². The molecule has 1 aliphatic rings. The van der Waals surface area contributed by atoms with Gasteiger partial charge in [0.1, 0.15) is 0 Å². The molecule has 1 N–H and O–H groups in total. The van der Waals surface area contributed by atoms with Gasteiger partial charge in [-0.3, -0.25) is 4.90 Å². The monoisotopic (exact) mass is 256 g/mol. The maximum Gasteiger partial charge on any atom is 0.0630 e. The molecule has 1 unspecified atom stereocenters. The van der Waals surface area contributed by atoms with E-state index in [1.807, 2.05) is 7.11 Å². The zero-order valence-electron chi connectivity index (χ0n) is 12.7. The van der Waals surface area contributed by atoms with E-state index >= 15 is 0 Å². The highest BCUT2D eigenvalue weighted by Gasteiger charge is 2.27. The molecule has 18 heavy (non-hydrogen) atoms. The molecule has 0 heterocycles.